The van der Waals surface area contributed by atoms with Crippen LogP contribution in [0, 0.1) is 18.8 Å². The fourth-order valence-electron chi connectivity index (χ4n) is 3.71. The van der Waals surface area contributed by atoms with Gasteiger partial charge in [-0.25, -0.2) is 0 Å². The Morgan fingerprint density at radius 2 is 1.56 bits per heavy atom. The molecule has 0 aliphatic rings. The van der Waals surface area contributed by atoms with Crippen LogP contribution in [0.15, 0.2) is 23.8 Å². The molecular formula is C23H34N2SSn. The molecule has 0 amide bonds. The first-order valence-electron chi connectivity index (χ1n) is 10.5. The van der Waals surface area contributed by atoms with Gasteiger partial charge in [-0.2, -0.15) is 0 Å². The zero-order chi connectivity index (χ0) is 19.5. The second-order valence-electron chi connectivity index (χ2n) is 7.56. The maximum atomic E-state index is 4.62. The van der Waals surface area contributed by atoms with Crippen molar-refractivity contribution < 1.29 is 0 Å². The molecule has 0 bridgehead atoms. The Balaban J connectivity index is 2.34. The fraction of sp³-hybridized carbons (Fsp3) is 0.565. The summed E-state index contributed by atoms with van der Waals surface area (Å²) in [6.45, 7) is 9.00. The van der Waals surface area contributed by atoms with Crippen molar-refractivity contribution in [3.05, 3.63) is 40.1 Å². The van der Waals surface area contributed by atoms with E-state index >= 15 is 0 Å². The van der Waals surface area contributed by atoms with Gasteiger partial charge in [0, 0.05) is 0 Å². The van der Waals surface area contributed by atoms with E-state index in [9.17, 15) is 0 Å². The molecule has 4 heteroatoms. The predicted molar refractivity (Wildman–Crippen MR) is 122 cm³/mol. The molecule has 0 N–H and O–H groups in total. The number of nitrogens with zero attached hydrogens (tertiary/aromatic N) is 2. The zero-order valence-corrected chi connectivity index (χ0v) is 21.1. The molecule has 27 heavy (non-hydrogen) atoms. The number of pyridine rings is 1. The van der Waals surface area contributed by atoms with Crippen LogP contribution < -0.4 is 3.58 Å². The molecule has 0 aliphatic carbocycles. The van der Waals surface area contributed by atoms with E-state index < -0.39 is 18.4 Å². The summed E-state index contributed by atoms with van der Waals surface area (Å²) < 4.78 is 6.00. The normalized spacial score (nSPS) is 11.3. The van der Waals surface area contributed by atoms with Crippen molar-refractivity contribution in [1.82, 2.24) is 9.97 Å². The molecule has 0 saturated heterocycles. The molecule has 2 rings (SSSR count). The number of rotatable bonds is 10. The molecule has 2 heterocycles. The second kappa shape index (κ2) is 11.9. The third-order valence-electron chi connectivity index (χ3n) is 5.33. The third-order valence-corrected chi connectivity index (χ3v) is 21.6. The van der Waals surface area contributed by atoms with Gasteiger partial charge in [0.2, 0.25) is 0 Å². The Hall–Kier alpha value is -0.861. The van der Waals surface area contributed by atoms with Crippen LogP contribution in [-0.4, -0.2) is 28.3 Å². The van der Waals surface area contributed by atoms with Crippen LogP contribution >= 0.6 is 11.3 Å². The van der Waals surface area contributed by atoms with Crippen molar-refractivity contribution in [1.29, 1.82) is 0 Å². The summed E-state index contributed by atoms with van der Waals surface area (Å²) in [7, 11) is 0. The Bertz CT molecular complexity index is 735. The minimum atomic E-state index is -2.42. The van der Waals surface area contributed by atoms with Crippen molar-refractivity contribution in [2.45, 2.75) is 79.5 Å². The molecule has 2 aromatic heterocycles. The summed E-state index contributed by atoms with van der Waals surface area (Å²) in [5, 5.41) is 3.10. The molecule has 0 aliphatic heterocycles. The zero-order valence-electron chi connectivity index (χ0n) is 17.5. The van der Waals surface area contributed by atoms with E-state index in [1.807, 2.05) is 18.5 Å². The molecule has 2 aromatic rings. The summed E-state index contributed by atoms with van der Waals surface area (Å²) in [6, 6.07) is 2.39. The molecule has 0 spiro atoms. The quantitative estimate of drug-likeness (QED) is 0.289. The molecule has 0 radical (unpaired) electrons. The van der Waals surface area contributed by atoms with Crippen molar-refractivity contribution in [2.75, 3.05) is 0 Å². The van der Waals surface area contributed by atoms with Gasteiger partial charge < -0.3 is 0 Å². The fourth-order valence-corrected chi connectivity index (χ4v) is 20.0. The van der Waals surface area contributed by atoms with E-state index in [4.69, 9.17) is 0 Å². The molecule has 0 unspecified atom stereocenters. The van der Waals surface area contributed by atoms with Crippen LogP contribution in [0.2, 0.25) is 13.3 Å². The van der Waals surface area contributed by atoms with Crippen molar-refractivity contribution in [2.24, 2.45) is 0 Å². The van der Waals surface area contributed by atoms with Gasteiger partial charge in [0.05, 0.1) is 0 Å². The van der Waals surface area contributed by atoms with E-state index in [1.165, 1.54) is 51.8 Å². The van der Waals surface area contributed by atoms with E-state index in [0.717, 1.165) is 16.3 Å². The summed E-state index contributed by atoms with van der Waals surface area (Å²) in [5.41, 5.74) is 1.93. The van der Waals surface area contributed by atoms with Crippen LogP contribution in [0.25, 0.3) is 0 Å². The Kier molecular flexibility index (Phi) is 9.85. The molecule has 0 saturated carbocycles. The Morgan fingerprint density at radius 1 is 0.926 bits per heavy atom. The van der Waals surface area contributed by atoms with Gasteiger partial charge in [-0.05, 0) is 0 Å². The van der Waals surface area contributed by atoms with E-state index in [2.05, 4.69) is 54.8 Å². The van der Waals surface area contributed by atoms with E-state index in [1.54, 1.807) is 14.9 Å². The molecule has 0 aromatic carbocycles. The Labute approximate surface area is 174 Å². The third kappa shape index (κ3) is 6.91. The van der Waals surface area contributed by atoms with Crippen LogP contribution in [0.4, 0.5) is 0 Å². The van der Waals surface area contributed by atoms with Gasteiger partial charge in [-0.1, -0.05) is 0 Å². The van der Waals surface area contributed by atoms with Gasteiger partial charge >= 0.3 is 175 Å². The summed E-state index contributed by atoms with van der Waals surface area (Å²) in [4.78, 5) is 9.08. The maximum absolute atomic E-state index is 4.62. The van der Waals surface area contributed by atoms with Crippen LogP contribution in [-0.2, 0) is 0 Å². The first-order valence-corrected chi connectivity index (χ1v) is 18.9. The standard InChI is InChI=1S/C11H7N2S.3C4H9.Sn/c1-9-13-11(8-14-9)5-4-10-3-2-6-12-7-10;3*1-3-4-2;/h3,6-8H,1H3;3*1,3-4H2,2H3;. The summed E-state index contributed by atoms with van der Waals surface area (Å²) in [6.07, 6.45) is 12.1. The van der Waals surface area contributed by atoms with Gasteiger partial charge in [0.25, 0.3) is 0 Å². The van der Waals surface area contributed by atoms with Crippen molar-refractivity contribution in [3.63, 3.8) is 0 Å². The number of aromatic nitrogens is 2. The van der Waals surface area contributed by atoms with Crippen molar-refractivity contribution >= 4 is 33.3 Å². The minimum absolute atomic E-state index is 0.876. The van der Waals surface area contributed by atoms with Crippen LogP contribution in [0.1, 0.15) is 75.6 Å². The molecular weight excluding hydrogens is 455 g/mol. The van der Waals surface area contributed by atoms with Crippen molar-refractivity contribution in [3.8, 4) is 11.8 Å². The number of aryl methyl sites for hydroxylation is 1. The van der Waals surface area contributed by atoms with Gasteiger partial charge in [-0.15, -0.1) is 0 Å². The number of hydrogen-bond donors (Lipinski definition) is 0. The topological polar surface area (TPSA) is 25.8 Å². The van der Waals surface area contributed by atoms with Crippen LogP contribution in [0.3, 0.4) is 0 Å². The monoisotopic (exact) mass is 490 g/mol. The van der Waals surface area contributed by atoms with Gasteiger partial charge in [-0.3, -0.25) is 0 Å². The first-order chi connectivity index (χ1) is 13.1. The number of unbranched alkanes of at least 4 members (excludes halogenated alkanes) is 3. The number of hydrogen-bond acceptors (Lipinski definition) is 3. The molecule has 146 valence electrons. The molecule has 0 atom stereocenters. The summed E-state index contributed by atoms with van der Waals surface area (Å²) >= 11 is -0.764. The average molecular weight is 489 g/mol. The number of thiazole rings is 1. The molecule has 2 nitrogen and oxygen atoms in total. The van der Waals surface area contributed by atoms with E-state index in [-0.39, 0.29) is 0 Å². The van der Waals surface area contributed by atoms with Gasteiger partial charge in [0.15, 0.2) is 0 Å². The SMILES string of the molecule is CCC[CH2][Sn]([CH2]CCC)([CH2]CCC)[c]1cncc(C#Cc2csc(C)n2)c1. The predicted octanol–water partition coefficient (Wildman–Crippen LogP) is 6.30. The summed E-state index contributed by atoms with van der Waals surface area (Å²) in [5.74, 6) is 6.54. The average Bonchev–Trinajstić information content (AvgIpc) is 3.11. The van der Waals surface area contributed by atoms with Gasteiger partial charge in [0.1, 0.15) is 0 Å². The second-order valence-corrected chi connectivity index (χ2v) is 21.9. The first kappa shape index (κ1) is 22.4. The van der Waals surface area contributed by atoms with E-state index in [0.29, 0.717) is 0 Å². The molecule has 0 fully saturated rings. The Morgan fingerprint density at radius 3 is 2.07 bits per heavy atom. The van der Waals surface area contributed by atoms with Crippen LogP contribution in [0.5, 0.6) is 0 Å².